The van der Waals surface area contributed by atoms with Crippen LogP contribution in [0.4, 0.5) is 4.39 Å². The molecule has 0 atom stereocenters. The van der Waals surface area contributed by atoms with Gasteiger partial charge in [-0.2, -0.15) is 5.10 Å². The second-order valence-corrected chi connectivity index (χ2v) is 8.60. The van der Waals surface area contributed by atoms with Gasteiger partial charge < -0.3 is 15.2 Å². The van der Waals surface area contributed by atoms with Crippen molar-refractivity contribution in [3.05, 3.63) is 59.4 Å². The molecule has 5 rings (SSSR count). The number of nitrogens with two attached hydrogens (primary N) is 1. The maximum Gasteiger partial charge on any atom is 0.223 e. The van der Waals surface area contributed by atoms with Crippen molar-refractivity contribution < 1.29 is 9.18 Å². The molecule has 4 aromatic rings. The summed E-state index contributed by atoms with van der Waals surface area (Å²) < 4.78 is 17.5. The van der Waals surface area contributed by atoms with E-state index in [-0.39, 0.29) is 11.4 Å². The Hall–Kier alpha value is -3.30. The average molecular weight is 468 g/mol. The van der Waals surface area contributed by atoms with Gasteiger partial charge in [0.25, 0.3) is 0 Å². The lowest BCUT2D eigenvalue weighted by molar-refractivity contribution is -0.117. The van der Waals surface area contributed by atoms with E-state index in [1.165, 1.54) is 18.9 Å². The maximum absolute atomic E-state index is 13.8. The molecule has 0 unspecified atom stereocenters. The Bertz CT molecular complexity index is 1330. The predicted molar refractivity (Wildman–Crippen MR) is 123 cm³/mol. The van der Waals surface area contributed by atoms with Crippen molar-refractivity contribution in [2.45, 2.75) is 25.8 Å². The van der Waals surface area contributed by atoms with Gasteiger partial charge in [-0.1, -0.05) is 11.6 Å². The lowest BCUT2D eigenvalue weighted by Crippen LogP contribution is -2.24. The van der Waals surface area contributed by atoms with Crippen LogP contribution < -0.4 is 5.73 Å². The molecule has 0 spiro atoms. The smallest absolute Gasteiger partial charge is 0.223 e. The average Bonchev–Trinajstić information content (AvgIpc) is 3.54. The van der Waals surface area contributed by atoms with Crippen molar-refractivity contribution >= 4 is 23.2 Å². The summed E-state index contributed by atoms with van der Waals surface area (Å²) in [7, 11) is 0. The largest absolute Gasteiger partial charge is 0.369 e. The fraction of sp³-hybridized carbons (Fsp3) is 0.304. The second kappa shape index (κ2) is 8.92. The predicted octanol–water partition coefficient (Wildman–Crippen LogP) is 3.18. The molecule has 1 aliphatic heterocycles. The van der Waals surface area contributed by atoms with Crippen LogP contribution in [0, 0.1) is 5.82 Å². The highest BCUT2D eigenvalue weighted by Crippen LogP contribution is 2.32. The Labute approximate surface area is 194 Å². The summed E-state index contributed by atoms with van der Waals surface area (Å²) in [4.78, 5) is 22.9. The third-order valence-corrected chi connectivity index (χ3v) is 6.21. The summed E-state index contributed by atoms with van der Waals surface area (Å²) in [5, 5.41) is 4.80. The molecule has 33 heavy (non-hydrogen) atoms. The Balaban J connectivity index is 1.60. The molecule has 170 valence electrons. The third kappa shape index (κ3) is 4.34. The van der Waals surface area contributed by atoms with Gasteiger partial charge in [-0.05, 0) is 56.3 Å². The number of rotatable bonds is 7. The van der Waals surface area contributed by atoms with Gasteiger partial charge >= 0.3 is 0 Å². The monoisotopic (exact) mass is 467 g/mol. The van der Waals surface area contributed by atoms with Crippen LogP contribution >= 0.6 is 11.6 Å². The van der Waals surface area contributed by atoms with Crippen molar-refractivity contribution in [1.82, 2.24) is 29.0 Å². The number of aromatic nitrogens is 5. The first-order chi connectivity index (χ1) is 16.0. The molecule has 1 fully saturated rings. The normalized spacial score (nSPS) is 14.4. The fourth-order valence-corrected chi connectivity index (χ4v) is 4.46. The number of nitrogens with zero attached hydrogens (tertiary/aromatic N) is 6. The molecule has 8 nitrogen and oxygen atoms in total. The molecule has 0 aliphatic carbocycles. The number of amides is 1. The van der Waals surface area contributed by atoms with E-state index in [1.807, 2.05) is 12.1 Å². The number of hydrogen-bond acceptors (Lipinski definition) is 5. The summed E-state index contributed by atoms with van der Waals surface area (Å²) in [6, 6.07) is 8.27. The lowest BCUT2D eigenvalue weighted by Gasteiger charge is -2.16. The molecule has 1 amide bonds. The van der Waals surface area contributed by atoms with Gasteiger partial charge in [0, 0.05) is 18.7 Å². The van der Waals surface area contributed by atoms with E-state index in [9.17, 15) is 9.18 Å². The van der Waals surface area contributed by atoms with Crippen molar-refractivity contribution in [2.75, 3.05) is 19.6 Å². The van der Waals surface area contributed by atoms with E-state index in [0.717, 1.165) is 31.9 Å². The van der Waals surface area contributed by atoms with Crippen LogP contribution in [0.5, 0.6) is 0 Å². The molecule has 2 N–H and O–H groups in total. The van der Waals surface area contributed by atoms with Crippen molar-refractivity contribution in [1.29, 1.82) is 0 Å². The number of primary amides is 1. The number of hydrogen-bond donors (Lipinski definition) is 1. The Morgan fingerprint density at radius 2 is 1.94 bits per heavy atom. The third-order valence-electron chi connectivity index (χ3n) is 5.92. The standard InChI is InChI=1S/C23H23ClFN7O/c24-17-11-15(3-4-18(17)25)22-23(31(14-28-22)10-9-30-7-1-2-8-30)19-5-6-21-27-13-16(12-20(26)33)32(21)29-19/h3-6,11,13-14H,1-2,7-10,12H2,(H2,26,33). The maximum atomic E-state index is 13.8. The zero-order valence-corrected chi connectivity index (χ0v) is 18.7. The Kier molecular flexibility index (Phi) is 5.82. The van der Waals surface area contributed by atoms with Gasteiger partial charge in [0.05, 0.1) is 41.0 Å². The molecule has 1 aliphatic rings. The first kappa shape index (κ1) is 21.5. The van der Waals surface area contributed by atoms with Gasteiger partial charge in [-0.3, -0.25) is 4.79 Å². The van der Waals surface area contributed by atoms with Gasteiger partial charge in [0.1, 0.15) is 11.5 Å². The quantitative estimate of drug-likeness (QED) is 0.450. The lowest BCUT2D eigenvalue weighted by atomic mass is 10.1. The highest BCUT2D eigenvalue weighted by Gasteiger charge is 2.20. The van der Waals surface area contributed by atoms with Crippen molar-refractivity contribution in [3.63, 3.8) is 0 Å². The van der Waals surface area contributed by atoms with Crippen LogP contribution in [0.2, 0.25) is 5.02 Å². The fourth-order valence-electron chi connectivity index (χ4n) is 4.28. The minimum atomic E-state index is -0.482. The number of fused-ring (bicyclic) bond motifs is 1. The Morgan fingerprint density at radius 1 is 1.12 bits per heavy atom. The van der Waals surface area contributed by atoms with E-state index in [0.29, 0.717) is 28.3 Å². The summed E-state index contributed by atoms with van der Waals surface area (Å²) in [6.07, 6.45) is 5.85. The van der Waals surface area contributed by atoms with Crippen LogP contribution in [-0.2, 0) is 17.8 Å². The van der Waals surface area contributed by atoms with Gasteiger partial charge in [0.2, 0.25) is 5.91 Å². The number of likely N-dealkylation sites (tertiary alicyclic amines) is 1. The molecule has 0 radical (unpaired) electrons. The van der Waals surface area contributed by atoms with Crippen LogP contribution in [0.1, 0.15) is 18.5 Å². The van der Waals surface area contributed by atoms with Crippen LogP contribution in [0.15, 0.2) is 42.9 Å². The van der Waals surface area contributed by atoms with E-state index in [1.54, 1.807) is 29.2 Å². The zero-order chi connectivity index (χ0) is 22.9. The first-order valence-electron chi connectivity index (χ1n) is 10.8. The second-order valence-electron chi connectivity index (χ2n) is 8.19. The summed E-state index contributed by atoms with van der Waals surface area (Å²) in [6.45, 7) is 3.82. The van der Waals surface area contributed by atoms with Crippen molar-refractivity contribution in [3.8, 4) is 22.6 Å². The molecular formula is C23H23ClFN7O. The van der Waals surface area contributed by atoms with E-state index < -0.39 is 11.7 Å². The summed E-state index contributed by atoms with van der Waals surface area (Å²) >= 11 is 6.06. The van der Waals surface area contributed by atoms with Gasteiger partial charge in [-0.25, -0.2) is 18.9 Å². The van der Waals surface area contributed by atoms with E-state index in [2.05, 4.69) is 19.4 Å². The molecule has 3 aromatic heterocycles. The number of carbonyl (C=O) groups excluding carboxylic acids is 1. The minimum absolute atomic E-state index is 0.0340. The summed E-state index contributed by atoms with van der Waals surface area (Å²) in [5.41, 5.74) is 9.40. The molecule has 1 saturated heterocycles. The van der Waals surface area contributed by atoms with E-state index in [4.69, 9.17) is 22.4 Å². The molecule has 10 heteroatoms. The number of imidazole rings is 2. The molecule has 0 bridgehead atoms. The topological polar surface area (TPSA) is 94.3 Å². The molecule has 0 saturated carbocycles. The van der Waals surface area contributed by atoms with E-state index >= 15 is 0 Å². The molecular weight excluding hydrogens is 445 g/mol. The zero-order valence-electron chi connectivity index (χ0n) is 17.9. The first-order valence-corrected chi connectivity index (χ1v) is 11.2. The van der Waals surface area contributed by atoms with Crippen LogP contribution in [0.25, 0.3) is 28.3 Å². The highest BCUT2D eigenvalue weighted by atomic mass is 35.5. The van der Waals surface area contributed by atoms with Crippen molar-refractivity contribution in [2.24, 2.45) is 5.73 Å². The number of benzene rings is 1. The van der Waals surface area contributed by atoms with Gasteiger partial charge in [0.15, 0.2) is 5.65 Å². The molecule has 4 heterocycles. The minimum Gasteiger partial charge on any atom is -0.369 e. The number of carbonyl (C=O) groups is 1. The summed E-state index contributed by atoms with van der Waals surface area (Å²) in [5.74, 6) is -0.939. The molecule has 1 aromatic carbocycles. The van der Waals surface area contributed by atoms with Gasteiger partial charge in [-0.15, -0.1) is 0 Å². The highest BCUT2D eigenvalue weighted by molar-refractivity contribution is 6.31. The van der Waals surface area contributed by atoms with Crippen LogP contribution in [-0.4, -0.2) is 54.6 Å². The van der Waals surface area contributed by atoms with Crippen LogP contribution in [0.3, 0.4) is 0 Å². The number of halogens is 2. The SMILES string of the molecule is NC(=O)Cc1cnc2ccc(-c3c(-c4ccc(F)c(Cl)c4)ncn3CCN3CCCC3)nn12. The Morgan fingerprint density at radius 3 is 2.70 bits per heavy atom.